The molecule has 1 nitrogen and oxygen atoms in total. The summed E-state index contributed by atoms with van der Waals surface area (Å²) in [6.07, 6.45) is -11.4. The maximum absolute atomic E-state index is 12.4. The predicted molar refractivity (Wildman–Crippen MR) is 58.7 cm³/mol. The smallest absolute Gasteiger partial charge is 0.327 e. The highest BCUT2D eigenvalue weighted by atomic mass is 35.5. The molecule has 1 aromatic carbocycles. The molecule has 0 bridgehead atoms. The fourth-order valence-electron chi connectivity index (χ4n) is 1.73. The molecule has 0 aliphatic heterocycles. The Kier molecular flexibility index (Phi) is 4.73. The highest BCUT2D eigenvalue weighted by Gasteiger charge is 2.59. The third kappa shape index (κ3) is 4.58. The van der Waals surface area contributed by atoms with E-state index in [1.165, 1.54) is 24.3 Å². The maximum atomic E-state index is 12.4. The van der Waals surface area contributed by atoms with Crippen LogP contribution in [0.15, 0.2) is 24.3 Å². The van der Waals surface area contributed by atoms with Gasteiger partial charge in [-0.3, -0.25) is 0 Å². The van der Waals surface area contributed by atoms with E-state index in [4.69, 9.17) is 17.3 Å². The largest absolute Gasteiger partial charge is 0.402 e. The minimum absolute atomic E-state index is 0.221. The summed E-state index contributed by atoms with van der Waals surface area (Å²) >= 11 is 5.60. The van der Waals surface area contributed by atoms with Crippen LogP contribution in [0, 0.1) is 5.92 Å². The number of rotatable bonds is 3. The van der Waals surface area contributed by atoms with Gasteiger partial charge in [0, 0.05) is 11.1 Å². The van der Waals surface area contributed by atoms with Gasteiger partial charge in [0.2, 0.25) is 0 Å². The number of alkyl halides is 6. The van der Waals surface area contributed by atoms with Gasteiger partial charge in [-0.1, -0.05) is 23.7 Å². The summed E-state index contributed by atoms with van der Waals surface area (Å²) < 4.78 is 74.5. The van der Waals surface area contributed by atoms with Crippen molar-refractivity contribution in [3.05, 3.63) is 34.9 Å². The molecule has 0 saturated carbocycles. The third-order valence-electron chi connectivity index (χ3n) is 2.49. The Labute approximate surface area is 110 Å². The fraction of sp³-hybridized carbons (Fsp3) is 0.455. The summed E-state index contributed by atoms with van der Waals surface area (Å²) in [5, 5.41) is 0.222. The number of hydrogen-bond acceptors (Lipinski definition) is 1. The van der Waals surface area contributed by atoms with Crippen LogP contribution in [0.3, 0.4) is 0 Å². The summed E-state index contributed by atoms with van der Waals surface area (Å²) in [7, 11) is 0. The molecule has 1 rings (SSSR count). The van der Waals surface area contributed by atoms with Crippen LogP contribution in [0.25, 0.3) is 0 Å². The maximum Gasteiger partial charge on any atom is 0.402 e. The standard InChI is InChI=1S/C11H10ClF6N/c12-7-3-1-2-6(4-7)5-8(19)9(10(13,14)15)11(16,17)18/h1-4,8-9H,5,19H2. The lowest BCUT2D eigenvalue weighted by molar-refractivity contribution is -0.289. The first-order valence-electron chi connectivity index (χ1n) is 5.15. The van der Waals surface area contributed by atoms with Gasteiger partial charge in [0.25, 0.3) is 0 Å². The first-order valence-corrected chi connectivity index (χ1v) is 5.53. The lowest BCUT2D eigenvalue weighted by Gasteiger charge is -2.28. The zero-order valence-electron chi connectivity index (χ0n) is 9.39. The zero-order chi connectivity index (χ0) is 14.8. The Balaban J connectivity index is 2.93. The molecule has 2 N–H and O–H groups in total. The van der Waals surface area contributed by atoms with Crippen LogP contribution < -0.4 is 5.73 Å². The van der Waals surface area contributed by atoms with Crippen molar-refractivity contribution < 1.29 is 26.3 Å². The lowest BCUT2D eigenvalue weighted by Crippen LogP contribution is -2.49. The average Bonchev–Trinajstić information content (AvgIpc) is 2.11. The zero-order valence-corrected chi connectivity index (χ0v) is 10.2. The van der Waals surface area contributed by atoms with Crippen molar-refractivity contribution in [1.82, 2.24) is 0 Å². The van der Waals surface area contributed by atoms with E-state index in [9.17, 15) is 26.3 Å². The Bertz CT molecular complexity index is 414. The molecule has 108 valence electrons. The van der Waals surface area contributed by atoms with Gasteiger partial charge in [-0.05, 0) is 24.1 Å². The van der Waals surface area contributed by atoms with Gasteiger partial charge >= 0.3 is 12.4 Å². The van der Waals surface area contributed by atoms with E-state index in [2.05, 4.69) is 0 Å². The second-order valence-electron chi connectivity index (χ2n) is 4.06. The van der Waals surface area contributed by atoms with Crippen molar-refractivity contribution in [3.8, 4) is 0 Å². The van der Waals surface area contributed by atoms with Gasteiger partial charge in [0.1, 0.15) is 0 Å². The summed E-state index contributed by atoms with van der Waals surface area (Å²) in [4.78, 5) is 0. The van der Waals surface area contributed by atoms with E-state index < -0.39 is 30.7 Å². The number of benzene rings is 1. The summed E-state index contributed by atoms with van der Waals surface area (Å²) in [6, 6.07) is 3.43. The van der Waals surface area contributed by atoms with Crippen LogP contribution in [-0.4, -0.2) is 18.4 Å². The minimum atomic E-state index is -5.43. The van der Waals surface area contributed by atoms with Crippen LogP contribution in [0.1, 0.15) is 5.56 Å². The Morgan fingerprint density at radius 3 is 2.00 bits per heavy atom. The molecule has 1 aromatic rings. The number of nitrogens with two attached hydrogens (primary N) is 1. The second kappa shape index (κ2) is 5.58. The molecular weight excluding hydrogens is 296 g/mol. The van der Waals surface area contributed by atoms with Crippen LogP contribution in [0.5, 0.6) is 0 Å². The molecule has 0 aliphatic carbocycles. The summed E-state index contributed by atoms with van der Waals surface area (Å²) in [6.45, 7) is 0. The Morgan fingerprint density at radius 1 is 1.05 bits per heavy atom. The molecule has 0 heterocycles. The molecule has 0 saturated heterocycles. The van der Waals surface area contributed by atoms with Crippen molar-refractivity contribution in [1.29, 1.82) is 0 Å². The SMILES string of the molecule is NC(Cc1cccc(Cl)c1)C(C(F)(F)F)C(F)(F)F. The van der Waals surface area contributed by atoms with Crippen molar-refractivity contribution in [3.63, 3.8) is 0 Å². The molecule has 1 atom stereocenters. The topological polar surface area (TPSA) is 26.0 Å². The van der Waals surface area contributed by atoms with Gasteiger partial charge in [-0.2, -0.15) is 26.3 Å². The van der Waals surface area contributed by atoms with E-state index >= 15 is 0 Å². The second-order valence-corrected chi connectivity index (χ2v) is 4.50. The first-order chi connectivity index (χ1) is 8.51. The molecule has 0 aliphatic rings. The molecular formula is C11H10ClF6N. The van der Waals surface area contributed by atoms with E-state index in [0.717, 1.165) is 0 Å². The molecule has 0 fully saturated rings. The highest BCUT2D eigenvalue weighted by molar-refractivity contribution is 6.30. The average molecular weight is 306 g/mol. The van der Waals surface area contributed by atoms with Crippen molar-refractivity contribution in [2.45, 2.75) is 24.8 Å². The van der Waals surface area contributed by atoms with Gasteiger partial charge in [0.15, 0.2) is 5.92 Å². The van der Waals surface area contributed by atoms with Crippen LogP contribution in [0.4, 0.5) is 26.3 Å². The molecule has 0 amide bonds. The Morgan fingerprint density at radius 2 is 1.58 bits per heavy atom. The first kappa shape index (κ1) is 16.1. The van der Waals surface area contributed by atoms with Crippen LogP contribution in [0.2, 0.25) is 5.02 Å². The van der Waals surface area contributed by atoms with Gasteiger partial charge in [-0.25, -0.2) is 0 Å². The predicted octanol–water partition coefficient (Wildman–Crippen LogP) is 3.95. The van der Waals surface area contributed by atoms with Crippen LogP contribution >= 0.6 is 11.6 Å². The molecule has 0 radical (unpaired) electrons. The van der Waals surface area contributed by atoms with E-state index in [0.29, 0.717) is 0 Å². The molecule has 19 heavy (non-hydrogen) atoms. The van der Waals surface area contributed by atoms with E-state index in [1.54, 1.807) is 0 Å². The van der Waals surface area contributed by atoms with Gasteiger partial charge in [0.05, 0.1) is 0 Å². The van der Waals surface area contributed by atoms with Gasteiger partial charge < -0.3 is 5.73 Å². The minimum Gasteiger partial charge on any atom is -0.327 e. The fourth-order valence-corrected chi connectivity index (χ4v) is 1.94. The monoisotopic (exact) mass is 305 g/mol. The van der Waals surface area contributed by atoms with E-state index in [-0.39, 0.29) is 10.6 Å². The summed E-state index contributed by atoms with van der Waals surface area (Å²) in [5.41, 5.74) is 5.31. The van der Waals surface area contributed by atoms with Crippen molar-refractivity contribution in [2.75, 3.05) is 0 Å². The Hall–Kier alpha value is -0.950. The normalized spacial score (nSPS) is 14.8. The van der Waals surface area contributed by atoms with Gasteiger partial charge in [-0.15, -0.1) is 0 Å². The molecule has 8 heteroatoms. The molecule has 0 aromatic heterocycles. The van der Waals surface area contributed by atoms with Crippen LogP contribution in [-0.2, 0) is 6.42 Å². The quantitative estimate of drug-likeness (QED) is 0.841. The lowest BCUT2D eigenvalue weighted by atomic mass is 9.93. The summed E-state index contributed by atoms with van der Waals surface area (Å²) in [5.74, 6) is -3.56. The number of hydrogen-bond donors (Lipinski definition) is 1. The third-order valence-corrected chi connectivity index (χ3v) is 2.73. The highest BCUT2D eigenvalue weighted by Crippen LogP contribution is 2.41. The van der Waals surface area contributed by atoms with Crippen molar-refractivity contribution in [2.24, 2.45) is 11.7 Å². The van der Waals surface area contributed by atoms with E-state index in [1.807, 2.05) is 0 Å². The number of halogens is 7. The van der Waals surface area contributed by atoms with Crippen molar-refractivity contribution >= 4 is 11.6 Å². The molecule has 1 unspecified atom stereocenters. The molecule has 0 spiro atoms.